The first-order valence-corrected chi connectivity index (χ1v) is 8.35. The molecule has 0 saturated heterocycles. The van der Waals surface area contributed by atoms with Gasteiger partial charge in [0.15, 0.2) is 0 Å². The van der Waals surface area contributed by atoms with Crippen molar-refractivity contribution in [3.8, 4) is 5.75 Å². The van der Waals surface area contributed by atoms with E-state index in [0.717, 1.165) is 18.0 Å². The van der Waals surface area contributed by atoms with Gasteiger partial charge in [0.1, 0.15) is 5.75 Å². The van der Waals surface area contributed by atoms with Crippen LogP contribution in [0.2, 0.25) is 0 Å². The highest BCUT2D eigenvalue weighted by Crippen LogP contribution is 2.25. The molecule has 4 nitrogen and oxygen atoms in total. The van der Waals surface area contributed by atoms with Gasteiger partial charge >= 0.3 is 0 Å². The number of ether oxygens (including phenoxy) is 1. The molecular formula is C18H29ClN2O2. The fourth-order valence-electron chi connectivity index (χ4n) is 2.70. The fraction of sp³-hybridized carbons (Fsp3) is 0.611. The monoisotopic (exact) mass is 340 g/mol. The standard InChI is InChI=1S/C18H28N2O2.ClH/c1-13(14(2)19)18(21)20-16-8-10-17(11-9-16)22-12-15-6-4-3-5-7-15;/h8-11,13-15H,3-7,12,19H2,1-2H3,(H,20,21);1H. The Morgan fingerprint density at radius 1 is 1.22 bits per heavy atom. The minimum absolute atomic E-state index is 0. The molecule has 0 aromatic heterocycles. The van der Waals surface area contributed by atoms with Gasteiger partial charge in [-0.2, -0.15) is 0 Å². The van der Waals surface area contributed by atoms with Crippen LogP contribution in [-0.2, 0) is 4.79 Å². The molecule has 0 bridgehead atoms. The van der Waals surface area contributed by atoms with Gasteiger partial charge in [-0.15, -0.1) is 12.4 Å². The number of hydrogen-bond acceptors (Lipinski definition) is 3. The van der Waals surface area contributed by atoms with E-state index in [2.05, 4.69) is 5.32 Å². The van der Waals surface area contributed by atoms with Crippen molar-refractivity contribution in [1.29, 1.82) is 0 Å². The van der Waals surface area contributed by atoms with Gasteiger partial charge in [0.25, 0.3) is 0 Å². The summed E-state index contributed by atoms with van der Waals surface area (Å²) < 4.78 is 5.86. The van der Waals surface area contributed by atoms with Gasteiger partial charge in [-0.25, -0.2) is 0 Å². The Kier molecular flexibility index (Phi) is 8.42. The molecule has 1 aliphatic carbocycles. The Hall–Kier alpha value is -1.26. The molecule has 1 aromatic carbocycles. The summed E-state index contributed by atoms with van der Waals surface area (Å²) in [6.45, 7) is 4.47. The molecule has 2 rings (SSSR count). The molecule has 2 atom stereocenters. The minimum atomic E-state index is -0.206. The topological polar surface area (TPSA) is 64.4 Å². The Balaban J connectivity index is 0.00000264. The van der Waals surface area contributed by atoms with E-state index < -0.39 is 0 Å². The highest BCUT2D eigenvalue weighted by molar-refractivity contribution is 5.92. The zero-order chi connectivity index (χ0) is 15.9. The van der Waals surface area contributed by atoms with Crippen LogP contribution in [0.25, 0.3) is 0 Å². The van der Waals surface area contributed by atoms with Crippen molar-refractivity contribution in [2.45, 2.75) is 52.0 Å². The third kappa shape index (κ3) is 6.40. The molecule has 3 N–H and O–H groups in total. The maximum atomic E-state index is 11.9. The first-order chi connectivity index (χ1) is 10.6. The number of hydrogen-bond donors (Lipinski definition) is 2. The number of carbonyl (C=O) groups is 1. The lowest BCUT2D eigenvalue weighted by Gasteiger charge is -2.21. The Morgan fingerprint density at radius 2 is 1.83 bits per heavy atom. The second kappa shape index (κ2) is 9.78. The summed E-state index contributed by atoms with van der Waals surface area (Å²) in [5, 5.41) is 2.88. The maximum absolute atomic E-state index is 11.9. The molecule has 1 fully saturated rings. The van der Waals surface area contributed by atoms with E-state index in [9.17, 15) is 4.79 Å². The third-order valence-electron chi connectivity index (χ3n) is 4.53. The summed E-state index contributed by atoms with van der Waals surface area (Å²) in [4.78, 5) is 11.9. The summed E-state index contributed by atoms with van der Waals surface area (Å²) in [5.74, 6) is 1.30. The van der Waals surface area contributed by atoms with Crippen molar-refractivity contribution in [2.24, 2.45) is 17.6 Å². The highest BCUT2D eigenvalue weighted by Gasteiger charge is 2.17. The van der Waals surface area contributed by atoms with Gasteiger partial charge in [0, 0.05) is 11.7 Å². The molecule has 0 spiro atoms. The van der Waals surface area contributed by atoms with Crippen molar-refractivity contribution in [1.82, 2.24) is 0 Å². The van der Waals surface area contributed by atoms with Crippen LogP contribution in [0.15, 0.2) is 24.3 Å². The van der Waals surface area contributed by atoms with Crippen molar-refractivity contribution in [3.63, 3.8) is 0 Å². The smallest absolute Gasteiger partial charge is 0.228 e. The summed E-state index contributed by atoms with van der Waals surface area (Å²) >= 11 is 0. The van der Waals surface area contributed by atoms with Crippen LogP contribution in [0.4, 0.5) is 5.69 Å². The number of anilines is 1. The predicted molar refractivity (Wildman–Crippen MR) is 97.2 cm³/mol. The van der Waals surface area contributed by atoms with Crippen LogP contribution in [0.3, 0.4) is 0 Å². The van der Waals surface area contributed by atoms with Gasteiger partial charge in [0.2, 0.25) is 5.91 Å². The molecule has 1 aliphatic rings. The first kappa shape index (κ1) is 19.8. The normalized spacial score (nSPS) is 17.7. The second-order valence-corrected chi connectivity index (χ2v) is 6.48. The Labute approximate surface area is 145 Å². The van der Waals surface area contributed by atoms with Crippen LogP contribution in [0.5, 0.6) is 5.75 Å². The van der Waals surface area contributed by atoms with Gasteiger partial charge in [-0.3, -0.25) is 4.79 Å². The number of rotatable bonds is 6. The van der Waals surface area contributed by atoms with E-state index in [1.54, 1.807) is 0 Å². The molecule has 23 heavy (non-hydrogen) atoms. The molecule has 0 radical (unpaired) electrons. The zero-order valence-electron chi connectivity index (χ0n) is 14.1. The molecule has 5 heteroatoms. The van der Waals surface area contributed by atoms with Crippen molar-refractivity contribution < 1.29 is 9.53 Å². The molecule has 2 unspecified atom stereocenters. The average Bonchev–Trinajstić information content (AvgIpc) is 2.54. The number of carbonyl (C=O) groups excluding carboxylic acids is 1. The largest absolute Gasteiger partial charge is 0.493 e. The van der Waals surface area contributed by atoms with E-state index in [4.69, 9.17) is 10.5 Å². The summed E-state index contributed by atoms with van der Waals surface area (Å²) in [5.41, 5.74) is 6.52. The third-order valence-corrected chi connectivity index (χ3v) is 4.53. The van der Waals surface area contributed by atoms with E-state index in [1.165, 1.54) is 32.1 Å². The van der Waals surface area contributed by atoms with Gasteiger partial charge in [-0.1, -0.05) is 26.2 Å². The molecule has 1 amide bonds. The number of benzene rings is 1. The SMILES string of the molecule is CC(N)C(C)C(=O)Nc1ccc(OCC2CCCCC2)cc1.Cl. The lowest BCUT2D eigenvalue weighted by molar-refractivity contribution is -0.119. The van der Waals surface area contributed by atoms with Gasteiger partial charge in [-0.05, 0) is 49.9 Å². The number of halogens is 1. The molecule has 0 heterocycles. The van der Waals surface area contributed by atoms with Crippen LogP contribution >= 0.6 is 12.4 Å². The molecule has 1 saturated carbocycles. The van der Waals surface area contributed by atoms with Crippen LogP contribution in [0, 0.1) is 11.8 Å². The van der Waals surface area contributed by atoms with Crippen molar-refractivity contribution >= 4 is 24.0 Å². The predicted octanol–water partition coefficient (Wildman–Crippen LogP) is 3.99. The van der Waals surface area contributed by atoms with Crippen LogP contribution in [0.1, 0.15) is 46.0 Å². The summed E-state index contributed by atoms with van der Waals surface area (Å²) in [7, 11) is 0. The quantitative estimate of drug-likeness (QED) is 0.823. The zero-order valence-corrected chi connectivity index (χ0v) is 14.9. The van der Waals surface area contributed by atoms with Gasteiger partial charge in [0.05, 0.1) is 12.5 Å². The van der Waals surface area contributed by atoms with E-state index in [0.29, 0.717) is 5.92 Å². The number of nitrogens with one attached hydrogen (secondary N) is 1. The maximum Gasteiger partial charge on any atom is 0.228 e. The summed E-state index contributed by atoms with van der Waals surface area (Å²) in [6, 6.07) is 7.42. The number of amides is 1. The highest BCUT2D eigenvalue weighted by atomic mass is 35.5. The van der Waals surface area contributed by atoms with Crippen LogP contribution < -0.4 is 15.8 Å². The van der Waals surface area contributed by atoms with E-state index in [1.807, 2.05) is 38.1 Å². The number of nitrogens with two attached hydrogens (primary N) is 1. The second-order valence-electron chi connectivity index (χ2n) is 6.48. The lowest BCUT2D eigenvalue weighted by atomic mass is 9.90. The Morgan fingerprint density at radius 3 is 2.39 bits per heavy atom. The average molecular weight is 341 g/mol. The van der Waals surface area contributed by atoms with E-state index in [-0.39, 0.29) is 30.3 Å². The summed E-state index contributed by atoms with van der Waals surface area (Å²) in [6.07, 6.45) is 6.59. The molecule has 1 aromatic rings. The lowest BCUT2D eigenvalue weighted by Crippen LogP contribution is -2.34. The van der Waals surface area contributed by atoms with Crippen molar-refractivity contribution in [2.75, 3.05) is 11.9 Å². The Bertz CT molecular complexity index is 470. The first-order valence-electron chi connectivity index (χ1n) is 8.35. The molecular weight excluding hydrogens is 312 g/mol. The van der Waals surface area contributed by atoms with E-state index >= 15 is 0 Å². The molecule has 130 valence electrons. The molecule has 0 aliphatic heterocycles. The fourth-order valence-corrected chi connectivity index (χ4v) is 2.70. The van der Waals surface area contributed by atoms with Crippen LogP contribution in [-0.4, -0.2) is 18.6 Å². The minimum Gasteiger partial charge on any atom is -0.493 e. The van der Waals surface area contributed by atoms with Gasteiger partial charge < -0.3 is 15.8 Å². The van der Waals surface area contributed by atoms with Crippen molar-refractivity contribution in [3.05, 3.63) is 24.3 Å².